The maximum absolute atomic E-state index is 13.0. The lowest BCUT2D eigenvalue weighted by molar-refractivity contribution is -0.147. The van der Waals surface area contributed by atoms with E-state index in [1.54, 1.807) is 6.92 Å². The number of aromatic nitrogens is 2. The van der Waals surface area contributed by atoms with E-state index in [1.165, 1.54) is 6.20 Å². The van der Waals surface area contributed by atoms with Crippen LogP contribution in [-0.4, -0.2) is 33.3 Å². The Morgan fingerprint density at radius 1 is 1.55 bits per heavy atom. The molecule has 0 saturated heterocycles. The lowest BCUT2D eigenvalue weighted by Crippen LogP contribution is -2.23. The second-order valence-corrected chi connectivity index (χ2v) is 5.43. The minimum absolute atomic E-state index is 0.0538. The highest BCUT2D eigenvalue weighted by atomic mass is 19.4. The summed E-state index contributed by atoms with van der Waals surface area (Å²) >= 11 is 0. The number of halogens is 3. The molecule has 124 valence electrons. The van der Waals surface area contributed by atoms with E-state index in [0.717, 1.165) is 17.4 Å². The van der Waals surface area contributed by atoms with Crippen molar-refractivity contribution in [3.05, 3.63) is 17.7 Å². The fraction of sp³-hybridized carbons (Fsp3) is 0.692. The lowest BCUT2D eigenvalue weighted by atomic mass is 10.2. The van der Waals surface area contributed by atoms with Crippen LogP contribution in [0.2, 0.25) is 0 Å². The van der Waals surface area contributed by atoms with Gasteiger partial charge in [0.2, 0.25) is 5.82 Å². The number of carbonyl (C=O) groups is 1. The molecule has 3 N–H and O–H groups in total. The molecule has 1 fully saturated rings. The molecule has 0 spiro atoms. The van der Waals surface area contributed by atoms with Crippen LogP contribution in [0.3, 0.4) is 0 Å². The smallest absolute Gasteiger partial charge is 0.449 e. The van der Waals surface area contributed by atoms with E-state index in [0.29, 0.717) is 11.7 Å². The zero-order chi connectivity index (χ0) is 16.3. The van der Waals surface area contributed by atoms with Crippen LogP contribution in [0.4, 0.5) is 18.0 Å². The maximum Gasteiger partial charge on any atom is 0.449 e. The van der Waals surface area contributed by atoms with Gasteiger partial charge in [0.05, 0.1) is 5.69 Å². The summed E-state index contributed by atoms with van der Waals surface area (Å²) in [6.07, 6.45) is -1.99. The van der Waals surface area contributed by atoms with Crippen molar-refractivity contribution in [1.29, 1.82) is 0 Å². The quantitative estimate of drug-likeness (QED) is 0.674. The Morgan fingerprint density at radius 3 is 2.77 bits per heavy atom. The van der Waals surface area contributed by atoms with Gasteiger partial charge in [-0.15, -0.1) is 0 Å². The average Bonchev–Trinajstić information content (AvgIpc) is 3.09. The van der Waals surface area contributed by atoms with Crippen molar-refractivity contribution in [2.75, 3.05) is 6.54 Å². The van der Waals surface area contributed by atoms with Crippen LogP contribution in [0.1, 0.15) is 43.7 Å². The molecule has 1 aliphatic carbocycles. The Bertz CT molecular complexity index is 526. The van der Waals surface area contributed by atoms with Gasteiger partial charge in [0, 0.05) is 31.4 Å². The topological polar surface area (TPSA) is 79.2 Å². The molecule has 2 rings (SSSR count). The summed E-state index contributed by atoms with van der Waals surface area (Å²) in [5.74, 6) is -0.942. The zero-order valence-electron chi connectivity index (χ0n) is 12.2. The Kier molecular flexibility index (Phi) is 4.94. The molecule has 6 nitrogen and oxygen atoms in total. The van der Waals surface area contributed by atoms with Crippen molar-refractivity contribution in [2.45, 2.75) is 51.0 Å². The Balaban J connectivity index is 2.04. The molecule has 1 aromatic rings. The summed E-state index contributed by atoms with van der Waals surface area (Å²) in [6, 6.07) is 0.126. The highest BCUT2D eigenvalue weighted by Gasteiger charge is 2.37. The zero-order valence-corrected chi connectivity index (χ0v) is 12.2. The molecule has 22 heavy (non-hydrogen) atoms. The first-order valence-electron chi connectivity index (χ1n) is 7.14. The molecule has 1 atom stereocenters. The van der Waals surface area contributed by atoms with Crippen LogP contribution < -0.4 is 10.6 Å². The Morgan fingerprint density at radius 2 is 2.23 bits per heavy atom. The predicted molar refractivity (Wildman–Crippen MR) is 72.4 cm³/mol. The van der Waals surface area contributed by atoms with E-state index in [4.69, 9.17) is 5.11 Å². The summed E-state index contributed by atoms with van der Waals surface area (Å²) in [7, 11) is 0. The lowest BCUT2D eigenvalue weighted by Gasteiger charge is -2.09. The average molecular weight is 320 g/mol. The normalized spacial score (nSPS) is 16.5. The van der Waals surface area contributed by atoms with Crippen molar-refractivity contribution in [3.63, 3.8) is 0 Å². The van der Waals surface area contributed by atoms with E-state index in [9.17, 15) is 18.0 Å². The third-order valence-corrected chi connectivity index (χ3v) is 3.41. The number of amides is 1. The molecule has 1 unspecified atom stereocenters. The highest BCUT2D eigenvalue weighted by molar-refractivity contribution is 5.64. The van der Waals surface area contributed by atoms with Crippen molar-refractivity contribution >= 4 is 6.09 Å². The number of nitrogens with zero attached hydrogens (tertiary/aromatic N) is 2. The van der Waals surface area contributed by atoms with Crippen LogP contribution in [0.15, 0.2) is 6.20 Å². The third-order valence-electron chi connectivity index (χ3n) is 3.41. The third kappa shape index (κ3) is 4.62. The van der Waals surface area contributed by atoms with E-state index in [1.807, 2.05) is 0 Å². The summed E-state index contributed by atoms with van der Waals surface area (Å²) in [5.41, 5.74) is 0.352. The first-order chi connectivity index (χ1) is 10.3. The monoisotopic (exact) mass is 320 g/mol. The molecular weight excluding hydrogens is 301 g/mol. The van der Waals surface area contributed by atoms with Gasteiger partial charge in [-0.3, -0.25) is 0 Å². The van der Waals surface area contributed by atoms with Gasteiger partial charge in [0.1, 0.15) is 0 Å². The number of carboxylic acid groups (broad SMARTS) is 1. The summed E-state index contributed by atoms with van der Waals surface area (Å²) in [4.78, 5) is 14.0. The standard InChI is InChI=1S/C13H19F3N4O2/c1-8(18-9-3-4-9)10-7-20(6-2-5-17-12(21)22)11(19-10)13(14,15)16/h7-9,17-18H,2-6H2,1H3,(H,21,22). The molecule has 9 heteroatoms. The van der Waals surface area contributed by atoms with Crippen LogP contribution >= 0.6 is 0 Å². The van der Waals surface area contributed by atoms with Crippen LogP contribution in [-0.2, 0) is 12.7 Å². The molecule has 0 aromatic carbocycles. The number of hydrogen-bond donors (Lipinski definition) is 3. The number of aryl methyl sites for hydroxylation is 1. The van der Waals surface area contributed by atoms with Crippen LogP contribution in [0.25, 0.3) is 0 Å². The van der Waals surface area contributed by atoms with Gasteiger partial charge < -0.3 is 20.3 Å². The molecule has 0 radical (unpaired) electrons. The largest absolute Gasteiger partial charge is 0.465 e. The van der Waals surface area contributed by atoms with Crippen molar-refractivity contribution < 1.29 is 23.1 Å². The first kappa shape index (κ1) is 16.6. The summed E-state index contributed by atoms with van der Waals surface area (Å²) in [6.45, 7) is 1.94. The maximum atomic E-state index is 13.0. The van der Waals surface area contributed by atoms with E-state index >= 15 is 0 Å². The van der Waals surface area contributed by atoms with Gasteiger partial charge in [-0.1, -0.05) is 0 Å². The fourth-order valence-corrected chi connectivity index (χ4v) is 2.18. The number of imidazole rings is 1. The molecule has 0 bridgehead atoms. The number of nitrogens with one attached hydrogen (secondary N) is 2. The van der Waals surface area contributed by atoms with E-state index in [-0.39, 0.29) is 25.6 Å². The SMILES string of the molecule is CC(NC1CC1)c1cn(CCCNC(=O)O)c(C(F)(F)F)n1. The van der Waals surface area contributed by atoms with Crippen molar-refractivity contribution in [1.82, 2.24) is 20.2 Å². The minimum atomic E-state index is -4.53. The van der Waals surface area contributed by atoms with Gasteiger partial charge in [0.25, 0.3) is 0 Å². The van der Waals surface area contributed by atoms with Gasteiger partial charge in [0.15, 0.2) is 0 Å². The first-order valence-corrected chi connectivity index (χ1v) is 7.14. The Labute approximate surface area is 125 Å². The number of alkyl halides is 3. The molecule has 1 aliphatic rings. The second-order valence-electron chi connectivity index (χ2n) is 5.43. The van der Waals surface area contributed by atoms with E-state index < -0.39 is 18.1 Å². The molecule has 1 saturated carbocycles. The summed E-state index contributed by atoms with van der Waals surface area (Å²) in [5, 5.41) is 13.8. The number of hydrogen-bond acceptors (Lipinski definition) is 3. The van der Waals surface area contributed by atoms with Gasteiger partial charge >= 0.3 is 12.3 Å². The Hall–Kier alpha value is -1.77. The van der Waals surface area contributed by atoms with Gasteiger partial charge in [-0.25, -0.2) is 9.78 Å². The van der Waals surface area contributed by atoms with Crippen molar-refractivity contribution in [3.8, 4) is 0 Å². The molecule has 1 amide bonds. The molecular formula is C13H19F3N4O2. The minimum Gasteiger partial charge on any atom is -0.465 e. The van der Waals surface area contributed by atoms with Gasteiger partial charge in [-0.05, 0) is 26.2 Å². The van der Waals surface area contributed by atoms with E-state index in [2.05, 4.69) is 15.6 Å². The second kappa shape index (κ2) is 6.55. The van der Waals surface area contributed by atoms with Crippen LogP contribution in [0.5, 0.6) is 0 Å². The molecule has 1 heterocycles. The predicted octanol–water partition coefficient (Wildman–Crippen LogP) is 2.37. The van der Waals surface area contributed by atoms with Crippen LogP contribution in [0, 0.1) is 0 Å². The number of rotatable bonds is 7. The van der Waals surface area contributed by atoms with Crippen molar-refractivity contribution in [2.24, 2.45) is 0 Å². The molecule has 1 aromatic heterocycles. The summed E-state index contributed by atoms with van der Waals surface area (Å²) < 4.78 is 40.1. The highest BCUT2D eigenvalue weighted by Crippen LogP contribution is 2.31. The molecule has 0 aliphatic heterocycles. The fourth-order valence-electron chi connectivity index (χ4n) is 2.18. The van der Waals surface area contributed by atoms with Gasteiger partial charge in [-0.2, -0.15) is 13.2 Å².